The van der Waals surface area contributed by atoms with Gasteiger partial charge in [-0.3, -0.25) is 10.1 Å². The standard InChI is InChI=1S/C17H15N5O3/c1-2-16-19-17-18-13(11-5-3-6-12(9-11)22(23)24)10-14(21(17)20-16)15-7-4-8-25-15/h3-10,14H,2H2,1H3,(H,18,19,20)/t14-/m1/s1. The second-order valence-corrected chi connectivity index (χ2v) is 5.62. The summed E-state index contributed by atoms with van der Waals surface area (Å²) in [4.78, 5) is 15.1. The van der Waals surface area contributed by atoms with Crippen LogP contribution < -0.4 is 5.32 Å². The van der Waals surface area contributed by atoms with Crippen LogP contribution in [0.1, 0.15) is 30.1 Å². The molecule has 0 bridgehead atoms. The molecule has 1 atom stereocenters. The molecule has 1 N–H and O–H groups in total. The molecular weight excluding hydrogens is 322 g/mol. The average molecular weight is 337 g/mol. The van der Waals surface area contributed by atoms with Crippen molar-refractivity contribution in [3.63, 3.8) is 0 Å². The van der Waals surface area contributed by atoms with Crippen LogP contribution in [0.15, 0.2) is 53.2 Å². The Kier molecular flexibility index (Phi) is 3.57. The monoisotopic (exact) mass is 337 g/mol. The molecule has 2 aromatic heterocycles. The lowest BCUT2D eigenvalue weighted by molar-refractivity contribution is -0.384. The number of allylic oxidation sites excluding steroid dienone is 1. The van der Waals surface area contributed by atoms with Crippen molar-refractivity contribution in [2.45, 2.75) is 19.4 Å². The summed E-state index contributed by atoms with van der Waals surface area (Å²) in [6.07, 6.45) is 4.24. The summed E-state index contributed by atoms with van der Waals surface area (Å²) < 4.78 is 7.31. The van der Waals surface area contributed by atoms with Gasteiger partial charge >= 0.3 is 0 Å². The lowest BCUT2D eigenvalue weighted by Crippen LogP contribution is -2.20. The molecule has 8 nitrogen and oxygen atoms in total. The average Bonchev–Trinajstić information content (AvgIpc) is 3.30. The van der Waals surface area contributed by atoms with Gasteiger partial charge < -0.3 is 9.73 Å². The van der Waals surface area contributed by atoms with Crippen molar-refractivity contribution in [2.75, 3.05) is 5.32 Å². The summed E-state index contributed by atoms with van der Waals surface area (Å²) in [5.74, 6) is 2.02. The number of nitro groups is 1. The number of fused-ring (bicyclic) bond motifs is 1. The van der Waals surface area contributed by atoms with Gasteiger partial charge in [-0.05, 0) is 18.2 Å². The van der Waals surface area contributed by atoms with Gasteiger partial charge in [-0.25, -0.2) is 4.68 Å². The first-order chi connectivity index (χ1) is 12.2. The van der Waals surface area contributed by atoms with E-state index in [9.17, 15) is 10.1 Å². The third kappa shape index (κ3) is 2.67. The molecule has 1 aliphatic heterocycles. The van der Waals surface area contributed by atoms with E-state index >= 15 is 0 Å². The van der Waals surface area contributed by atoms with Crippen molar-refractivity contribution in [3.05, 3.63) is 76.0 Å². The van der Waals surface area contributed by atoms with Gasteiger partial charge in [0.25, 0.3) is 5.69 Å². The highest BCUT2D eigenvalue weighted by Gasteiger charge is 2.27. The maximum atomic E-state index is 11.1. The number of nitrogens with one attached hydrogen (secondary N) is 1. The Morgan fingerprint density at radius 3 is 2.96 bits per heavy atom. The highest BCUT2D eigenvalue weighted by Crippen LogP contribution is 2.33. The third-order valence-electron chi connectivity index (χ3n) is 4.03. The van der Waals surface area contributed by atoms with Crippen molar-refractivity contribution in [3.8, 4) is 0 Å². The van der Waals surface area contributed by atoms with E-state index in [4.69, 9.17) is 4.42 Å². The molecule has 0 saturated heterocycles. The normalized spacial score (nSPS) is 16.0. The van der Waals surface area contributed by atoms with E-state index in [1.807, 2.05) is 31.2 Å². The van der Waals surface area contributed by atoms with E-state index in [1.165, 1.54) is 12.1 Å². The third-order valence-corrected chi connectivity index (χ3v) is 4.03. The number of hydrogen-bond donors (Lipinski definition) is 1. The van der Waals surface area contributed by atoms with E-state index in [-0.39, 0.29) is 11.7 Å². The molecule has 8 heteroatoms. The molecule has 0 radical (unpaired) electrons. The SMILES string of the molecule is CCc1nc2n(n1)[C@@H](c1ccco1)C=C(c1cccc([N+](=O)[O-])c1)N2. The number of furan rings is 1. The fourth-order valence-corrected chi connectivity index (χ4v) is 2.80. The predicted octanol–water partition coefficient (Wildman–Crippen LogP) is 3.40. The lowest BCUT2D eigenvalue weighted by Gasteiger charge is -2.22. The van der Waals surface area contributed by atoms with Crippen molar-refractivity contribution >= 4 is 17.3 Å². The molecule has 0 amide bonds. The van der Waals surface area contributed by atoms with Crippen LogP contribution in [0.3, 0.4) is 0 Å². The first-order valence-corrected chi connectivity index (χ1v) is 7.88. The number of rotatable bonds is 4. The van der Waals surface area contributed by atoms with Crippen LogP contribution in [0.4, 0.5) is 11.6 Å². The molecule has 0 unspecified atom stereocenters. The summed E-state index contributed by atoms with van der Waals surface area (Å²) >= 11 is 0. The quantitative estimate of drug-likeness (QED) is 0.578. The molecule has 25 heavy (non-hydrogen) atoms. The number of benzene rings is 1. The summed E-state index contributed by atoms with van der Waals surface area (Å²) in [7, 11) is 0. The summed E-state index contributed by atoms with van der Waals surface area (Å²) in [6.45, 7) is 1.98. The first-order valence-electron chi connectivity index (χ1n) is 7.88. The van der Waals surface area contributed by atoms with Crippen LogP contribution >= 0.6 is 0 Å². The van der Waals surface area contributed by atoms with E-state index < -0.39 is 4.92 Å². The highest BCUT2D eigenvalue weighted by atomic mass is 16.6. The van der Waals surface area contributed by atoms with Crippen molar-refractivity contribution in [2.24, 2.45) is 0 Å². The Morgan fingerprint density at radius 1 is 1.36 bits per heavy atom. The van der Waals surface area contributed by atoms with Crippen LogP contribution in [0.2, 0.25) is 0 Å². The van der Waals surface area contributed by atoms with Crippen molar-refractivity contribution < 1.29 is 9.34 Å². The number of nitro benzene ring substituents is 1. The minimum atomic E-state index is -0.408. The highest BCUT2D eigenvalue weighted by molar-refractivity contribution is 5.77. The van der Waals surface area contributed by atoms with E-state index in [0.29, 0.717) is 23.8 Å². The summed E-state index contributed by atoms with van der Waals surface area (Å²) in [5, 5.41) is 18.8. The number of anilines is 1. The Morgan fingerprint density at radius 2 is 2.24 bits per heavy atom. The van der Waals surface area contributed by atoms with Gasteiger partial charge in [0.2, 0.25) is 5.95 Å². The Labute approximate surface area is 142 Å². The zero-order chi connectivity index (χ0) is 17.4. The summed E-state index contributed by atoms with van der Waals surface area (Å²) in [5.41, 5.74) is 1.47. The Hall–Kier alpha value is -3.42. The van der Waals surface area contributed by atoms with Gasteiger partial charge in [0.1, 0.15) is 11.8 Å². The number of aromatic nitrogens is 3. The lowest BCUT2D eigenvalue weighted by atomic mass is 10.1. The topological polar surface area (TPSA) is 99.0 Å². The number of nitrogens with zero attached hydrogens (tertiary/aromatic N) is 4. The van der Waals surface area contributed by atoms with E-state index in [2.05, 4.69) is 15.4 Å². The number of hydrogen-bond acceptors (Lipinski definition) is 6. The van der Waals surface area contributed by atoms with Crippen molar-refractivity contribution in [1.29, 1.82) is 0 Å². The smallest absolute Gasteiger partial charge is 0.270 e. The van der Waals surface area contributed by atoms with Crippen LogP contribution in [0, 0.1) is 10.1 Å². The zero-order valence-corrected chi connectivity index (χ0v) is 13.4. The zero-order valence-electron chi connectivity index (χ0n) is 13.4. The van der Waals surface area contributed by atoms with Gasteiger partial charge in [0, 0.05) is 29.8 Å². The van der Waals surface area contributed by atoms with E-state index in [1.54, 1.807) is 17.0 Å². The summed E-state index contributed by atoms with van der Waals surface area (Å²) in [6, 6.07) is 9.89. The molecular formula is C17H15N5O3. The van der Waals surface area contributed by atoms with Crippen LogP contribution in [0.25, 0.3) is 5.70 Å². The Bertz CT molecular complexity index is 959. The van der Waals surface area contributed by atoms with Gasteiger partial charge in [-0.1, -0.05) is 19.1 Å². The molecule has 1 aliphatic rings. The largest absolute Gasteiger partial charge is 0.467 e. The predicted molar refractivity (Wildman–Crippen MR) is 90.9 cm³/mol. The van der Waals surface area contributed by atoms with Crippen LogP contribution in [-0.2, 0) is 6.42 Å². The van der Waals surface area contributed by atoms with Gasteiger partial charge in [-0.2, -0.15) is 10.1 Å². The minimum absolute atomic E-state index is 0.0380. The molecule has 126 valence electrons. The molecule has 3 heterocycles. The molecule has 0 saturated carbocycles. The molecule has 0 fully saturated rings. The second kappa shape index (κ2) is 5.90. The fourth-order valence-electron chi connectivity index (χ4n) is 2.80. The van der Waals surface area contributed by atoms with Gasteiger partial charge in [-0.15, -0.1) is 0 Å². The maximum Gasteiger partial charge on any atom is 0.270 e. The molecule has 1 aromatic carbocycles. The Balaban J connectivity index is 1.81. The van der Waals surface area contributed by atoms with Crippen LogP contribution in [0.5, 0.6) is 0 Å². The molecule has 0 spiro atoms. The molecule has 4 rings (SSSR count). The first kappa shape index (κ1) is 15.1. The van der Waals surface area contributed by atoms with E-state index in [0.717, 1.165) is 11.5 Å². The maximum absolute atomic E-state index is 11.1. The van der Waals surface area contributed by atoms with Crippen molar-refractivity contribution in [1.82, 2.24) is 14.8 Å². The molecule has 0 aliphatic carbocycles. The van der Waals surface area contributed by atoms with Gasteiger partial charge in [0.05, 0.1) is 11.2 Å². The second-order valence-electron chi connectivity index (χ2n) is 5.62. The fraction of sp³-hybridized carbons (Fsp3) is 0.176. The van der Waals surface area contributed by atoms with Crippen LogP contribution in [-0.4, -0.2) is 19.7 Å². The minimum Gasteiger partial charge on any atom is -0.467 e. The number of aryl methyl sites for hydroxylation is 1. The van der Waals surface area contributed by atoms with Gasteiger partial charge in [0.15, 0.2) is 5.82 Å². The molecule has 3 aromatic rings. The number of non-ortho nitro benzene ring substituents is 1.